The first kappa shape index (κ1) is 20.8. The second-order valence-corrected chi connectivity index (χ2v) is 6.89. The Morgan fingerprint density at radius 3 is 2.75 bits per heavy atom. The van der Waals surface area contributed by atoms with Crippen LogP contribution in [0.4, 0.5) is 5.69 Å². The van der Waals surface area contributed by atoms with Gasteiger partial charge < -0.3 is 14.8 Å². The second-order valence-electron chi connectivity index (χ2n) is 6.89. The Morgan fingerprint density at radius 1 is 1.19 bits per heavy atom. The number of carbonyl (C=O) groups is 1. The lowest BCUT2D eigenvalue weighted by Gasteiger charge is -2.10. The van der Waals surface area contributed by atoms with E-state index in [-0.39, 0.29) is 12.3 Å². The van der Waals surface area contributed by atoms with Crippen LogP contribution in [0.3, 0.4) is 0 Å². The second kappa shape index (κ2) is 9.14. The number of fused-ring (bicyclic) bond motifs is 1. The van der Waals surface area contributed by atoms with E-state index in [1.165, 1.54) is 7.11 Å². The molecule has 32 heavy (non-hydrogen) atoms. The Kier molecular flexibility index (Phi) is 5.94. The highest BCUT2D eigenvalue weighted by atomic mass is 16.5. The molecular weight excluding hydrogens is 408 g/mol. The summed E-state index contributed by atoms with van der Waals surface area (Å²) in [4.78, 5) is 20.9. The Morgan fingerprint density at radius 2 is 2.06 bits per heavy atom. The number of methoxy groups -OCH3 is 1. The van der Waals surface area contributed by atoms with Crippen LogP contribution in [-0.2, 0) is 17.8 Å². The van der Waals surface area contributed by atoms with Crippen LogP contribution in [0.25, 0.3) is 10.9 Å². The number of nitrogens with zero attached hydrogens (tertiary/aromatic N) is 5. The molecule has 4 rings (SSSR count). The van der Waals surface area contributed by atoms with Gasteiger partial charge in [0.15, 0.2) is 0 Å². The lowest BCUT2D eigenvalue weighted by molar-refractivity contribution is -0.115. The van der Waals surface area contributed by atoms with E-state index in [1.807, 2.05) is 6.92 Å². The summed E-state index contributed by atoms with van der Waals surface area (Å²) in [5, 5.41) is 17.0. The van der Waals surface area contributed by atoms with E-state index in [2.05, 4.69) is 26.5 Å². The van der Waals surface area contributed by atoms with Gasteiger partial charge in [-0.1, -0.05) is 0 Å². The molecule has 0 bridgehead atoms. The number of ether oxygens (including phenoxy) is 2. The maximum atomic E-state index is 12.3. The number of amides is 1. The Labute approximate surface area is 184 Å². The van der Waals surface area contributed by atoms with E-state index in [1.54, 1.807) is 59.8 Å². The summed E-state index contributed by atoms with van der Waals surface area (Å²) < 4.78 is 12.9. The van der Waals surface area contributed by atoms with Crippen molar-refractivity contribution in [3.05, 3.63) is 66.4 Å². The van der Waals surface area contributed by atoms with Crippen molar-refractivity contribution in [2.24, 2.45) is 0 Å². The quantitative estimate of drug-likeness (QED) is 0.477. The highest BCUT2D eigenvalue weighted by Crippen LogP contribution is 2.32. The van der Waals surface area contributed by atoms with Crippen molar-refractivity contribution in [2.75, 3.05) is 12.4 Å². The molecule has 4 aromatic rings. The highest BCUT2D eigenvalue weighted by molar-refractivity contribution is 5.91. The minimum Gasteiger partial charge on any atom is -0.495 e. The lowest BCUT2D eigenvalue weighted by atomic mass is 10.1. The van der Waals surface area contributed by atoms with E-state index in [0.717, 1.165) is 6.54 Å². The van der Waals surface area contributed by atoms with E-state index >= 15 is 0 Å². The van der Waals surface area contributed by atoms with Gasteiger partial charge in [-0.25, -0.2) is 0 Å². The molecule has 0 fully saturated rings. The minimum atomic E-state index is -0.181. The van der Waals surface area contributed by atoms with Crippen LogP contribution in [0.15, 0.2) is 55.1 Å². The smallest absolute Gasteiger partial charge is 0.230 e. The van der Waals surface area contributed by atoms with Crippen LogP contribution in [0, 0.1) is 11.3 Å². The van der Waals surface area contributed by atoms with E-state index in [4.69, 9.17) is 9.47 Å². The number of aromatic nitrogens is 4. The standard InChI is InChI=1S/C23H20N6O3/c1-3-29-14-17(12-27-29)28-23(30)9-16-4-5-18(13-26-16)32-21-6-7-25-20-10-22(31-2)15(11-24)8-19(20)21/h4-8,10,12-14H,3,9H2,1-2H3,(H,28,30). The van der Waals surface area contributed by atoms with Crippen LogP contribution in [-0.4, -0.2) is 32.8 Å². The number of nitrogens with one attached hydrogen (secondary N) is 1. The molecule has 0 radical (unpaired) electrons. The van der Waals surface area contributed by atoms with Crippen LogP contribution < -0.4 is 14.8 Å². The molecule has 9 heteroatoms. The first-order chi connectivity index (χ1) is 15.6. The first-order valence-corrected chi connectivity index (χ1v) is 9.91. The van der Waals surface area contributed by atoms with E-state index in [0.29, 0.717) is 45.1 Å². The van der Waals surface area contributed by atoms with Crippen LogP contribution in [0.1, 0.15) is 18.2 Å². The molecule has 0 spiro atoms. The molecule has 0 aliphatic heterocycles. The van der Waals surface area contributed by atoms with Crippen molar-refractivity contribution in [1.29, 1.82) is 5.26 Å². The number of pyridine rings is 2. The third-order valence-corrected chi connectivity index (χ3v) is 4.75. The largest absolute Gasteiger partial charge is 0.495 e. The summed E-state index contributed by atoms with van der Waals surface area (Å²) in [7, 11) is 1.51. The maximum Gasteiger partial charge on any atom is 0.230 e. The van der Waals surface area contributed by atoms with E-state index in [9.17, 15) is 10.1 Å². The summed E-state index contributed by atoms with van der Waals surface area (Å²) in [6.45, 7) is 2.71. The Balaban J connectivity index is 1.47. The minimum absolute atomic E-state index is 0.126. The van der Waals surface area contributed by atoms with Crippen LogP contribution in [0.2, 0.25) is 0 Å². The van der Waals surface area contributed by atoms with Crippen molar-refractivity contribution in [3.8, 4) is 23.3 Å². The number of rotatable bonds is 7. The molecule has 1 N–H and O–H groups in total. The zero-order valence-electron chi connectivity index (χ0n) is 17.6. The third-order valence-electron chi connectivity index (χ3n) is 4.75. The van der Waals surface area contributed by atoms with Crippen molar-refractivity contribution in [1.82, 2.24) is 19.7 Å². The fourth-order valence-corrected chi connectivity index (χ4v) is 3.17. The van der Waals surface area contributed by atoms with Gasteiger partial charge in [0, 0.05) is 36.1 Å². The summed E-state index contributed by atoms with van der Waals surface area (Å²) >= 11 is 0. The predicted molar refractivity (Wildman–Crippen MR) is 118 cm³/mol. The molecule has 0 saturated carbocycles. The number of anilines is 1. The van der Waals surface area contributed by atoms with Gasteiger partial charge in [0.1, 0.15) is 23.3 Å². The number of hydrogen-bond acceptors (Lipinski definition) is 7. The molecular formula is C23H20N6O3. The topological polar surface area (TPSA) is 115 Å². The molecule has 160 valence electrons. The monoisotopic (exact) mass is 428 g/mol. The Bertz CT molecular complexity index is 1310. The number of hydrogen-bond donors (Lipinski definition) is 1. The van der Waals surface area contributed by atoms with E-state index < -0.39 is 0 Å². The lowest BCUT2D eigenvalue weighted by Crippen LogP contribution is -2.14. The van der Waals surface area contributed by atoms with Gasteiger partial charge in [-0.15, -0.1) is 0 Å². The summed E-state index contributed by atoms with van der Waals surface area (Å²) in [6, 6.07) is 10.7. The van der Waals surface area contributed by atoms with Gasteiger partial charge >= 0.3 is 0 Å². The number of benzene rings is 1. The molecule has 9 nitrogen and oxygen atoms in total. The van der Waals surface area contributed by atoms with Crippen molar-refractivity contribution in [3.63, 3.8) is 0 Å². The normalized spacial score (nSPS) is 10.5. The van der Waals surface area contributed by atoms with Gasteiger partial charge in [0.25, 0.3) is 0 Å². The van der Waals surface area contributed by atoms with Gasteiger partial charge in [-0.2, -0.15) is 10.4 Å². The average Bonchev–Trinajstić information content (AvgIpc) is 3.27. The molecule has 1 amide bonds. The van der Waals surface area contributed by atoms with Gasteiger partial charge in [0.05, 0.1) is 42.7 Å². The number of aryl methyl sites for hydroxylation is 1. The SMILES string of the molecule is CCn1cc(NC(=O)Cc2ccc(Oc3ccnc4cc(OC)c(C#N)cc34)cn2)cn1. The third kappa shape index (κ3) is 4.49. The number of carbonyl (C=O) groups excluding carboxylic acids is 1. The molecule has 0 saturated heterocycles. The predicted octanol–water partition coefficient (Wildman–Crippen LogP) is 3.70. The Hall–Kier alpha value is -4.45. The zero-order chi connectivity index (χ0) is 22.5. The zero-order valence-corrected chi connectivity index (χ0v) is 17.6. The fourth-order valence-electron chi connectivity index (χ4n) is 3.17. The van der Waals surface area contributed by atoms with Crippen molar-refractivity contribution >= 4 is 22.5 Å². The van der Waals surface area contributed by atoms with Gasteiger partial charge in [-0.3, -0.25) is 19.4 Å². The summed E-state index contributed by atoms with van der Waals surface area (Å²) in [5.41, 5.74) is 2.29. The molecule has 0 atom stereocenters. The van der Waals surface area contributed by atoms with Crippen molar-refractivity contribution in [2.45, 2.75) is 19.9 Å². The summed E-state index contributed by atoms with van der Waals surface area (Å²) in [6.07, 6.45) is 6.68. The van der Waals surface area contributed by atoms with Gasteiger partial charge in [0.2, 0.25) is 5.91 Å². The molecule has 0 aliphatic carbocycles. The fraction of sp³-hybridized carbons (Fsp3) is 0.174. The maximum absolute atomic E-state index is 12.3. The molecule has 0 aliphatic rings. The molecule has 3 heterocycles. The molecule has 1 aromatic carbocycles. The molecule has 0 unspecified atom stereocenters. The van der Waals surface area contributed by atoms with Crippen molar-refractivity contribution < 1.29 is 14.3 Å². The van der Waals surface area contributed by atoms with Crippen LogP contribution >= 0.6 is 0 Å². The average molecular weight is 428 g/mol. The molecule has 3 aromatic heterocycles. The highest BCUT2D eigenvalue weighted by Gasteiger charge is 2.12. The van der Waals surface area contributed by atoms with Crippen LogP contribution in [0.5, 0.6) is 17.2 Å². The van der Waals surface area contributed by atoms with Gasteiger partial charge in [-0.05, 0) is 31.2 Å². The number of nitriles is 1. The summed E-state index contributed by atoms with van der Waals surface area (Å²) in [5.74, 6) is 1.31. The first-order valence-electron chi connectivity index (χ1n) is 9.91.